The molecule has 0 bridgehead atoms. The Kier molecular flexibility index (Phi) is 7.71. The van der Waals surface area contributed by atoms with E-state index in [9.17, 15) is 48.9 Å². The van der Waals surface area contributed by atoms with Crippen LogP contribution in [0.5, 0.6) is 0 Å². The van der Waals surface area contributed by atoms with Gasteiger partial charge in [0.15, 0.2) is 0 Å². The van der Waals surface area contributed by atoms with Crippen LogP contribution in [-0.2, 0) is 0 Å². The van der Waals surface area contributed by atoms with Gasteiger partial charge in [0.1, 0.15) is 0 Å². The zero-order chi connectivity index (χ0) is 29.0. The van der Waals surface area contributed by atoms with Gasteiger partial charge < -0.3 is 36.2 Å². The second-order valence-corrected chi connectivity index (χ2v) is 7.75. The number of benzene rings is 3. The summed E-state index contributed by atoms with van der Waals surface area (Å²) in [5, 5.41) is 50.8. The van der Waals surface area contributed by atoms with E-state index in [0.29, 0.717) is 0 Å². The van der Waals surface area contributed by atoms with Crippen molar-refractivity contribution in [2.24, 2.45) is 0 Å². The van der Waals surface area contributed by atoms with Gasteiger partial charge in [-0.25, -0.2) is 24.0 Å². The molecule has 7 N–H and O–H groups in total. The fourth-order valence-corrected chi connectivity index (χ4v) is 3.39. The maximum Gasteiger partial charge on any atom is 0.336 e. The fourth-order valence-electron chi connectivity index (χ4n) is 3.39. The molecular weight excluding hydrogens is 520 g/mol. The lowest BCUT2D eigenvalue weighted by molar-refractivity contribution is 0.0651. The molecule has 0 atom stereocenters. The second-order valence-electron chi connectivity index (χ2n) is 7.75. The number of hydrogen-bond acceptors (Lipinski definition) is 7. The summed E-state index contributed by atoms with van der Waals surface area (Å²) in [6.45, 7) is 0. The summed E-state index contributed by atoms with van der Waals surface area (Å²) in [7, 11) is 0. The zero-order valence-electron chi connectivity index (χ0n) is 19.3. The van der Waals surface area contributed by atoms with E-state index < -0.39 is 69.5 Å². The van der Waals surface area contributed by atoms with Crippen molar-refractivity contribution in [2.75, 3.05) is 10.6 Å². The standard InChI is InChI=1S/C25H16N2O12/c28-19(26-13-1-3-15(22(32)33)17(8-13)24(36)37)10-5-11(7-12(6-10)21(30)31)20(29)27-14-2-4-16(23(34)35)18(9-14)25(38)39/h1-9H,(H,26,28)(H,27,29)(H,30,31)(H,32,33)(H,34,35)(H,36,37)(H,38,39). The van der Waals surface area contributed by atoms with Crippen LogP contribution in [0.3, 0.4) is 0 Å². The molecule has 3 aromatic rings. The van der Waals surface area contributed by atoms with Crippen molar-refractivity contribution in [3.8, 4) is 0 Å². The molecule has 0 radical (unpaired) electrons. The maximum absolute atomic E-state index is 12.8. The van der Waals surface area contributed by atoms with Gasteiger partial charge in [-0.3, -0.25) is 9.59 Å². The van der Waals surface area contributed by atoms with Crippen molar-refractivity contribution in [2.45, 2.75) is 0 Å². The van der Waals surface area contributed by atoms with Gasteiger partial charge in [0.2, 0.25) is 0 Å². The number of nitrogens with one attached hydrogen (secondary N) is 2. The van der Waals surface area contributed by atoms with Gasteiger partial charge in [0.25, 0.3) is 11.8 Å². The average molecular weight is 536 g/mol. The van der Waals surface area contributed by atoms with E-state index in [2.05, 4.69) is 10.6 Å². The van der Waals surface area contributed by atoms with Crippen molar-refractivity contribution >= 4 is 53.0 Å². The normalized spacial score (nSPS) is 10.3. The summed E-state index contributed by atoms with van der Waals surface area (Å²) in [4.78, 5) is 82.4. The van der Waals surface area contributed by atoms with E-state index in [1.165, 1.54) is 0 Å². The SMILES string of the molecule is O=C(O)c1cc(C(=O)Nc2ccc(C(=O)O)c(C(=O)O)c2)cc(C(=O)Nc2ccc(C(=O)O)c(C(=O)O)c2)c1. The molecule has 14 nitrogen and oxygen atoms in total. The Morgan fingerprint density at radius 3 is 1.05 bits per heavy atom. The minimum Gasteiger partial charge on any atom is -0.478 e. The third-order valence-corrected chi connectivity index (χ3v) is 5.18. The van der Waals surface area contributed by atoms with E-state index >= 15 is 0 Å². The highest BCUT2D eigenvalue weighted by molar-refractivity contribution is 6.12. The molecule has 0 unspecified atom stereocenters. The highest BCUT2D eigenvalue weighted by Gasteiger charge is 2.21. The van der Waals surface area contributed by atoms with Gasteiger partial charge in [0, 0.05) is 22.5 Å². The largest absolute Gasteiger partial charge is 0.478 e. The quantitative estimate of drug-likeness (QED) is 0.209. The Morgan fingerprint density at radius 1 is 0.410 bits per heavy atom. The molecule has 14 heteroatoms. The molecule has 0 saturated carbocycles. The van der Waals surface area contributed by atoms with Gasteiger partial charge in [0.05, 0.1) is 27.8 Å². The predicted octanol–water partition coefficient (Wildman–Crippen LogP) is 2.68. The zero-order valence-corrected chi connectivity index (χ0v) is 19.3. The number of aromatic carboxylic acids is 5. The van der Waals surface area contributed by atoms with Gasteiger partial charge >= 0.3 is 29.8 Å². The molecule has 2 amide bonds. The first kappa shape index (κ1) is 27.5. The highest BCUT2D eigenvalue weighted by atomic mass is 16.4. The number of amides is 2. The van der Waals surface area contributed by atoms with Crippen LogP contribution in [-0.4, -0.2) is 67.2 Å². The van der Waals surface area contributed by atoms with Crippen LogP contribution in [0, 0.1) is 0 Å². The van der Waals surface area contributed by atoms with Crippen molar-refractivity contribution in [1.82, 2.24) is 0 Å². The van der Waals surface area contributed by atoms with Gasteiger partial charge in [-0.05, 0) is 54.6 Å². The molecule has 0 saturated heterocycles. The topological polar surface area (TPSA) is 245 Å². The second kappa shape index (κ2) is 10.9. The molecule has 0 fully saturated rings. The Bertz CT molecular complexity index is 1480. The lowest BCUT2D eigenvalue weighted by atomic mass is 10.0. The van der Waals surface area contributed by atoms with E-state index in [-0.39, 0.29) is 22.5 Å². The predicted molar refractivity (Wildman–Crippen MR) is 130 cm³/mol. The molecule has 3 rings (SSSR count). The Morgan fingerprint density at radius 2 is 0.744 bits per heavy atom. The van der Waals surface area contributed by atoms with Crippen LogP contribution in [0.2, 0.25) is 0 Å². The van der Waals surface area contributed by atoms with Gasteiger partial charge in [-0.15, -0.1) is 0 Å². The molecule has 0 aromatic heterocycles. The highest BCUT2D eigenvalue weighted by Crippen LogP contribution is 2.21. The third-order valence-electron chi connectivity index (χ3n) is 5.18. The van der Waals surface area contributed by atoms with Crippen LogP contribution in [0.4, 0.5) is 11.4 Å². The minimum atomic E-state index is -1.57. The van der Waals surface area contributed by atoms with Crippen LogP contribution in [0.25, 0.3) is 0 Å². The maximum atomic E-state index is 12.8. The Labute approximate surface area is 216 Å². The molecule has 0 aliphatic heterocycles. The van der Waals surface area contributed by atoms with Crippen LogP contribution in [0.1, 0.15) is 72.5 Å². The molecule has 3 aromatic carbocycles. The van der Waals surface area contributed by atoms with E-state index in [0.717, 1.165) is 54.6 Å². The Balaban J connectivity index is 1.94. The van der Waals surface area contributed by atoms with Crippen molar-refractivity contribution in [3.05, 3.63) is 93.5 Å². The van der Waals surface area contributed by atoms with E-state index in [1.54, 1.807) is 0 Å². The molecule has 39 heavy (non-hydrogen) atoms. The van der Waals surface area contributed by atoms with Gasteiger partial charge in [-0.2, -0.15) is 0 Å². The smallest absolute Gasteiger partial charge is 0.336 e. The number of carboxylic acid groups (broad SMARTS) is 5. The molecule has 0 heterocycles. The van der Waals surface area contributed by atoms with Crippen molar-refractivity contribution < 1.29 is 59.1 Å². The summed E-state index contributed by atoms with van der Waals surface area (Å²) in [5.74, 6) is -9.60. The Hall–Kier alpha value is -6.05. The third kappa shape index (κ3) is 6.21. The fraction of sp³-hybridized carbons (Fsp3) is 0. The lowest BCUT2D eigenvalue weighted by Gasteiger charge is -2.11. The number of hydrogen-bond donors (Lipinski definition) is 7. The molecular formula is C25H16N2O12. The van der Waals surface area contributed by atoms with Crippen LogP contribution in [0.15, 0.2) is 54.6 Å². The molecule has 0 aliphatic rings. The van der Waals surface area contributed by atoms with Crippen LogP contribution >= 0.6 is 0 Å². The van der Waals surface area contributed by atoms with E-state index in [4.69, 9.17) is 10.2 Å². The first-order valence-corrected chi connectivity index (χ1v) is 10.5. The first-order valence-electron chi connectivity index (χ1n) is 10.5. The average Bonchev–Trinajstić information content (AvgIpc) is 2.87. The molecule has 0 aliphatic carbocycles. The number of carboxylic acids is 5. The van der Waals surface area contributed by atoms with E-state index in [1.807, 2.05) is 0 Å². The molecule has 198 valence electrons. The summed E-state index contributed by atoms with van der Waals surface area (Å²) in [6, 6.07) is 8.78. The lowest BCUT2D eigenvalue weighted by Crippen LogP contribution is -2.18. The minimum absolute atomic E-state index is 0.131. The first-order chi connectivity index (χ1) is 18.3. The van der Waals surface area contributed by atoms with Crippen molar-refractivity contribution in [1.29, 1.82) is 0 Å². The molecule has 0 spiro atoms. The summed E-state index contributed by atoms with van der Waals surface area (Å²) < 4.78 is 0. The van der Waals surface area contributed by atoms with Crippen molar-refractivity contribution in [3.63, 3.8) is 0 Å². The summed E-state index contributed by atoms with van der Waals surface area (Å²) >= 11 is 0. The number of rotatable bonds is 9. The number of carbonyl (C=O) groups excluding carboxylic acids is 2. The summed E-state index contributed by atoms with van der Waals surface area (Å²) in [6.07, 6.45) is 0. The summed E-state index contributed by atoms with van der Waals surface area (Å²) in [5.41, 5.74) is -3.72. The monoisotopic (exact) mass is 536 g/mol. The van der Waals surface area contributed by atoms with Crippen LogP contribution < -0.4 is 10.6 Å². The van der Waals surface area contributed by atoms with Gasteiger partial charge in [-0.1, -0.05) is 0 Å². The number of anilines is 2. The number of carbonyl (C=O) groups is 7.